The summed E-state index contributed by atoms with van der Waals surface area (Å²) in [5.74, 6) is -0.847. The van der Waals surface area contributed by atoms with E-state index in [1.807, 2.05) is 0 Å². The number of unbranched alkanes of at least 4 members (excludes halogenated alkanes) is 3. The first kappa shape index (κ1) is 15.0. The summed E-state index contributed by atoms with van der Waals surface area (Å²) in [6.07, 6.45) is 5.79. The Morgan fingerprint density at radius 2 is 2.11 bits per heavy atom. The van der Waals surface area contributed by atoms with Crippen LogP contribution in [-0.2, 0) is 4.79 Å². The zero-order chi connectivity index (χ0) is 13.8. The van der Waals surface area contributed by atoms with Crippen LogP contribution in [0.25, 0.3) is 0 Å². The Labute approximate surface area is 109 Å². The minimum Gasteiger partial charge on any atom is -0.477 e. The molecule has 2 atom stereocenters. The maximum Gasteiger partial charge on any atom is 0.351 e. The van der Waals surface area contributed by atoms with Crippen LogP contribution in [0.4, 0.5) is 0 Å². The monoisotopic (exact) mass is 255 g/mol. The number of rotatable bonds is 8. The van der Waals surface area contributed by atoms with Crippen molar-refractivity contribution in [2.24, 2.45) is 11.3 Å². The summed E-state index contributed by atoms with van der Waals surface area (Å²) >= 11 is 0. The molecule has 0 bridgehead atoms. The van der Waals surface area contributed by atoms with Gasteiger partial charge in [-0.25, -0.2) is 4.79 Å². The smallest absolute Gasteiger partial charge is 0.351 e. The van der Waals surface area contributed by atoms with Gasteiger partial charge in [0.05, 0.1) is 0 Å². The van der Waals surface area contributed by atoms with Gasteiger partial charge in [0, 0.05) is 5.92 Å². The molecule has 4 nitrogen and oxygen atoms in total. The molecule has 0 aromatic rings. The predicted octanol–water partition coefficient (Wildman–Crippen LogP) is 2.49. The average Bonchev–Trinajstić information content (AvgIpc) is 2.92. The summed E-state index contributed by atoms with van der Waals surface area (Å²) < 4.78 is 0. The van der Waals surface area contributed by atoms with Gasteiger partial charge in [-0.05, 0) is 24.7 Å². The molecule has 0 saturated heterocycles. The van der Waals surface area contributed by atoms with E-state index in [0.717, 1.165) is 32.1 Å². The first-order valence-electron chi connectivity index (χ1n) is 6.76. The predicted molar refractivity (Wildman–Crippen MR) is 70.9 cm³/mol. The maximum absolute atomic E-state index is 11.1. The second kappa shape index (κ2) is 6.23. The van der Waals surface area contributed by atoms with Crippen molar-refractivity contribution in [3.05, 3.63) is 11.8 Å². The van der Waals surface area contributed by atoms with E-state index >= 15 is 0 Å². The lowest BCUT2D eigenvalue weighted by atomic mass is 10.1. The maximum atomic E-state index is 11.1. The van der Waals surface area contributed by atoms with Crippen molar-refractivity contribution in [1.29, 1.82) is 0 Å². The van der Waals surface area contributed by atoms with Gasteiger partial charge >= 0.3 is 5.97 Å². The van der Waals surface area contributed by atoms with E-state index in [1.54, 1.807) is 6.08 Å². The molecule has 1 aliphatic carbocycles. The molecule has 0 aliphatic heterocycles. The molecule has 4 heteroatoms. The third kappa shape index (κ3) is 4.33. The van der Waals surface area contributed by atoms with Gasteiger partial charge in [-0.1, -0.05) is 39.7 Å². The fourth-order valence-corrected chi connectivity index (χ4v) is 2.16. The lowest BCUT2D eigenvalue weighted by molar-refractivity contribution is -0.133. The lowest BCUT2D eigenvalue weighted by Crippen LogP contribution is -2.34. The number of hydrogen-bond donors (Lipinski definition) is 3. The Morgan fingerprint density at radius 3 is 2.56 bits per heavy atom. The van der Waals surface area contributed by atoms with Gasteiger partial charge in [0.1, 0.15) is 11.9 Å². The van der Waals surface area contributed by atoms with Crippen molar-refractivity contribution in [2.45, 2.75) is 59.1 Å². The van der Waals surface area contributed by atoms with Gasteiger partial charge in [-0.15, -0.1) is 0 Å². The van der Waals surface area contributed by atoms with Gasteiger partial charge in [0.15, 0.2) is 0 Å². The lowest BCUT2D eigenvalue weighted by Gasteiger charge is -2.16. The molecule has 1 saturated carbocycles. The molecule has 18 heavy (non-hydrogen) atoms. The number of allylic oxidation sites excluding steroid dienone is 1. The molecule has 0 heterocycles. The van der Waals surface area contributed by atoms with E-state index < -0.39 is 12.2 Å². The second-order valence-corrected chi connectivity index (χ2v) is 5.81. The Balaban J connectivity index is 2.45. The van der Waals surface area contributed by atoms with Gasteiger partial charge in [0.25, 0.3) is 0 Å². The number of aliphatic hydroxyl groups is 1. The van der Waals surface area contributed by atoms with Crippen LogP contribution in [0.5, 0.6) is 0 Å². The van der Waals surface area contributed by atoms with Gasteiger partial charge in [-0.2, -0.15) is 0 Å². The van der Waals surface area contributed by atoms with Crippen molar-refractivity contribution in [3.8, 4) is 0 Å². The Kier molecular flexibility index (Phi) is 5.20. The quantitative estimate of drug-likeness (QED) is 0.354. The van der Waals surface area contributed by atoms with Gasteiger partial charge < -0.3 is 15.5 Å². The third-order valence-electron chi connectivity index (χ3n) is 3.66. The highest BCUT2D eigenvalue weighted by Crippen LogP contribution is 2.53. The molecule has 0 aromatic heterocycles. The first-order chi connectivity index (χ1) is 8.38. The Hall–Kier alpha value is -1.03. The topological polar surface area (TPSA) is 69.6 Å². The van der Waals surface area contributed by atoms with Crippen LogP contribution in [0.1, 0.15) is 52.9 Å². The fraction of sp³-hybridized carbons (Fsp3) is 0.786. The van der Waals surface area contributed by atoms with E-state index in [0.29, 0.717) is 0 Å². The molecule has 1 aliphatic rings. The summed E-state index contributed by atoms with van der Waals surface area (Å²) in [6, 6.07) is 0. The molecular weight excluding hydrogens is 230 g/mol. The van der Waals surface area contributed by atoms with E-state index in [-0.39, 0.29) is 17.0 Å². The standard InChI is InChI=1S/C14H25NO3/c1-4-5-6-7-8-11(13(17)18)15-12(16)10-9-14(10,2)3/h8,10,12,15-16H,4-7,9H2,1-3H3,(H,17,18)/b11-8-. The highest BCUT2D eigenvalue weighted by atomic mass is 16.4. The summed E-state index contributed by atoms with van der Waals surface area (Å²) in [5.41, 5.74) is 0.249. The van der Waals surface area contributed by atoms with Crippen molar-refractivity contribution in [3.63, 3.8) is 0 Å². The molecule has 3 N–H and O–H groups in total. The van der Waals surface area contributed by atoms with Crippen LogP contribution in [0.3, 0.4) is 0 Å². The third-order valence-corrected chi connectivity index (χ3v) is 3.66. The molecule has 1 rings (SSSR count). The number of nitrogens with one attached hydrogen (secondary N) is 1. The summed E-state index contributed by atoms with van der Waals surface area (Å²) in [7, 11) is 0. The summed E-state index contributed by atoms with van der Waals surface area (Å²) in [4.78, 5) is 11.1. The molecule has 104 valence electrons. The van der Waals surface area contributed by atoms with Crippen LogP contribution < -0.4 is 5.32 Å². The van der Waals surface area contributed by atoms with Crippen LogP contribution in [0, 0.1) is 11.3 Å². The largest absolute Gasteiger partial charge is 0.477 e. The molecule has 0 amide bonds. The number of carboxylic acid groups (broad SMARTS) is 1. The van der Waals surface area contributed by atoms with Gasteiger partial charge in [0.2, 0.25) is 0 Å². The van der Waals surface area contributed by atoms with Crippen LogP contribution in [0.2, 0.25) is 0 Å². The minimum atomic E-state index is -0.996. The molecule has 0 aromatic carbocycles. The van der Waals surface area contributed by atoms with E-state index in [4.69, 9.17) is 5.11 Å². The number of hydrogen-bond acceptors (Lipinski definition) is 3. The zero-order valence-corrected chi connectivity index (χ0v) is 11.6. The Morgan fingerprint density at radius 1 is 1.50 bits per heavy atom. The average molecular weight is 255 g/mol. The highest BCUT2D eigenvalue weighted by molar-refractivity contribution is 5.85. The van der Waals surface area contributed by atoms with E-state index in [1.165, 1.54) is 0 Å². The Bertz CT molecular complexity index is 323. The molecule has 0 radical (unpaired) electrons. The summed E-state index contributed by atoms with van der Waals surface area (Å²) in [6.45, 7) is 6.26. The van der Waals surface area contributed by atoms with Crippen molar-refractivity contribution in [2.75, 3.05) is 0 Å². The van der Waals surface area contributed by atoms with E-state index in [9.17, 15) is 9.90 Å². The molecule has 2 unspecified atom stereocenters. The van der Waals surface area contributed by atoms with Crippen LogP contribution in [-0.4, -0.2) is 22.4 Å². The van der Waals surface area contributed by atoms with Crippen LogP contribution in [0.15, 0.2) is 11.8 Å². The SMILES string of the molecule is CCCCC/C=C(\NC(O)C1CC1(C)C)C(=O)O. The normalized spacial score (nSPS) is 23.6. The highest BCUT2D eigenvalue weighted by Gasteiger charge is 2.50. The first-order valence-corrected chi connectivity index (χ1v) is 6.76. The molecule has 0 spiro atoms. The van der Waals surface area contributed by atoms with Gasteiger partial charge in [-0.3, -0.25) is 0 Å². The van der Waals surface area contributed by atoms with Crippen molar-refractivity contribution < 1.29 is 15.0 Å². The van der Waals surface area contributed by atoms with Crippen LogP contribution >= 0.6 is 0 Å². The minimum absolute atomic E-state index is 0.123. The van der Waals surface area contributed by atoms with Crippen molar-refractivity contribution in [1.82, 2.24) is 5.32 Å². The zero-order valence-electron chi connectivity index (χ0n) is 11.6. The second-order valence-electron chi connectivity index (χ2n) is 5.81. The number of aliphatic hydroxyl groups excluding tert-OH is 1. The number of carbonyl (C=O) groups is 1. The summed E-state index contributed by atoms with van der Waals surface area (Å²) in [5, 5.41) is 21.7. The van der Waals surface area contributed by atoms with Crippen molar-refractivity contribution >= 4 is 5.97 Å². The van der Waals surface area contributed by atoms with E-state index in [2.05, 4.69) is 26.1 Å². The molecule has 1 fully saturated rings. The number of carboxylic acids is 1. The molecular formula is C14H25NO3. The number of aliphatic carboxylic acids is 1. The fourth-order valence-electron chi connectivity index (χ4n) is 2.16.